The maximum atomic E-state index is 13.0. The van der Waals surface area contributed by atoms with Crippen molar-refractivity contribution >= 4 is 12.0 Å². The number of nitrogens with zero attached hydrogens (tertiary/aromatic N) is 1. The third-order valence-corrected chi connectivity index (χ3v) is 6.88. The number of carboxylic acids is 1. The molecule has 5 aliphatic carbocycles. The van der Waals surface area contributed by atoms with Crippen molar-refractivity contribution in [2.45, 2.75) is 76.9 Å². The third kappa shape index (κ3) is 2.80. The van der Waals surface area contributed by atoms with Gasteiger partial charge >= 0.3 is 12.0 Å². The van der Waals surface area contributed by atoms with Crippen molar-refractivity contribution < 1.29 is 14.7 Å². The highest BCUT2D eigenvalue weighted by atomic mass is 16.4. The first-order valence-electron chi connectivity index (χ1n) is 9.75. The zero-order valence-corrected chi connectivity index (χ0v) is 14.8. The second-order valence-corrected chi connectivity index (χ2v) is 9.07. The van der Waals surface area contributed by atoms with Crippen LogP contribution in [0.5, 0.6) is 0 Å². The van der Waals surface area contributed by atoms with Gasteiger partial charge in [-0.15, -0.1) is 0 Å². The maximum Gasteiger partial charge on any atom is 0.326 e. The highest BCUT2D eigenvalue weighted by Gasteiger charge is 2.50. The lowest BCUT2D eigenvalue weighted by Crippen LogP contribution is -2.60. The Morgan fingerprint density at radius 3 is 1.96 bits per heavy atom. The van der Waals surface area contributed by atoms with Crippen LogP contribution in [-0.2, 0) is 4.79 Å². The molecule has 5 fully saturated rings. The molecule has 1 atom stereocenters. The Balaban J connectivity index is 1.48. The van der Waals surface area contributed by atoms with Crippen LogP contribution >= 0.6 is 0 Å². The average molecular weight is 334 g/mol. The van der Waals surface area contributed by atoms with Crippen molar-refractivity contribution in [2.24, 2.45) is 29.6 Å². The molecule has 5 heteroatoms. The molecule has 5 nitrogen and oxygen atoms in total. The second-order valence-electron chi connectivity index (χ2n) is 9.07. The van der Waals surface area contributed by atoms with Crippen LogP contribution in [0.4, 0.5) is 4.79 Å². The molecule has 0 aromatic heterocycles. The van der Waals surface area contributed by atoms with E-state index in [1.165, 1.54) is 32.1 Å². The van der Waals surface area contributed by atoms with Gasteiger partial charge in [-0.25, -0.2) is 9.59 Å². The molecule has 0 saturated heterocycles. The number of carboxylic acid groups (broad SMARTS) is 1. The molecule has 5 aliphatic rings. The Labute approximate surface area is 144 Å². The summed E-state index contributed by atoms with van der Waals surface area (Å²) in [6, 6.07) is -0.455. The Kier molecular flexibility index (Phi) is 4.00. The number of carbonyl (C=O) groups is 2. The van der Waals surface area contributed by atoms with Gasteiger partial charge in [0, 0.05) is 12.1 Å². The van der Waals surface area contributed by atoms with Gasteiger partial charge in [0.25, 0.3) is 0 Å². The summed E-state index contributed by atoms with van der Waals surface area (Å²) in [7, 11) is 0. The van der Waals surface area contributed by atoms with Gasteiger partial charge < -0.3 is 15.3 Å². The van der Waals surface area contributed by atoms with Crippen LogP contribution in [0, 0.1) is 29.6 Å². The van der Waals surface area contributed by atoms with Crippen LogP contribution < -0.4 is 5.32 Å². The molecule has 5 rings (SSSR count). The molecule has 24 heavy (non-hydrogen) atoms. The molecule has 4 bridgehead atoms. The minimum absolute atomic E-state index is 0.0765. The fourth-order valence-corrected chi connectivity index (χ4v) is 5.98. The molecule has 0 aromatic rings. The molecule has 134 valence electrons. The Hall–Kier alpha value is -1.26. The van der Waals surface area contributed by atoms with Crippen LogP contribution in [0.1, 0.15) is 58.8 Å². The minimum atomic E-state index is -0.878. The van der Waals surface area contributed by atoms with E-state index in [1.807, 2.05) is 13.8 Å². The zero-order valence-electron chi connectivity index (χ0n) is 14.8. The first-order chi connectivity index (χ1) is 11.4. The Bertz CT molecular complexity index is 501. The van der Waals surface area contributed by atoms with E-state index in [0.717, 1.165) is 24.7 Å². The minimum Gasteiger partial charge on any atom is -0.480 e. The number of aliphatic carboxylic acids is 1. The van der Waals surface area contributed by atoms with Gasteiger partial charge in [-0.05, 0) is 74.5 Å². The van der Waals surface area contributed by atoms with E-state index in [2.05, 4.69) is 5.32 Å². The first-order valence-corrected chi connectivity index (χ1v) is 9.75. The molecule has 2 amide bonds. The van der Waals surface area contributed by atoms with Crippen molar-refractivity contribution in [2.75, 3.05) is 0 Å². The van der Waals surface area contributed by atoms with Crippen molar-refractivity contribution in [3.8, 4) is 0 Å². The molecule has 0 spiro atoms. The number of urea groups is 1. The van der Waals surface area contributed by atoms with Gasteiger partial charge in [0.2, 0.25) is 0 Å². The van der Waals surface area contributed by atoms with Gasteiger partial charge in [-0.1, -0.05) is 13.8 Å². The van der Waals surface area contributed by atoms with Crippen LogP contribution in [0.25, 0.3) is 0 Å². The zero-order chi connectivity index (χ0) is 17.0. The highest BCUT2D eigenvalue weighted by molar-refractivity contribution is 5.83. The maximum absolute atomic E-state index is 13.0. The van der Waals surface area contributed by atoms with Crippen molar-refractivity contribution in [1.82, 2.24) is 10.2 Å². The fourth-order valence-electron chi connectivity index (χ4n) is 5.98. The number of carbonyl (C=O) groups excluding carboxylic acids is 1. The van der Waals surface area contributed by atoms with Gasteiger partial charge in [0.15, 0.2) is 0 Å². The number of nitrogens with one attached hydrogen (secondary N) is 1. The summed E-state index contributed by atoms with van der Waals surface area (Å²) in [5.41, 5.74) is 0. The lowest BCUT2D eigenvalue weighted by Gasteiger charge is -2.54. The van der Waals surface area contributed by atoms with Gasteiger partial charge in [-0.3, -0.25) is 0 Å². The van der Waals surface area contributed by atoms with Crippen LogP contribution in [0.3, 0.4) is 0 Å². The van der Waals surface area contributed by atoms with Crippen molar-refractivity contribution in [1.29, 1.82) is 0 Å². The summed E-state index contributed by atoms with van der Waals surface area (Å²) in [6.45, 7) is 3.79. The fraction of sp³-hybridized carbons (Fsp3) is 0.895. The largest absolute Gasteiger partial charge is 0.480 e. The number of hydrogen-bond acceptors (Lipinski definition) is 2. The van der Waals surface area contributed by atoms with Gasteiger partial charge in [-0.2, -0.15) is 0 Å². The van der Waals surface area contributed by atoms with E-state index in [4.69, 9.17) is 0 Å². The molecule has 0 heterocycles. The van der Waals surface area contributed by atoms with E-state index >= 15 is 0 Å². The Morgan fingerprint density at radius 2 is 1.54 bits per heavy atom. The lowest BCUT2D eigenvalue weighted by molar-refractivity contribution is -0.144. The van der Waals surface area contributed by atoms with E-state index in [-0.39, 0.29) is 24.0 Å². The average Bonchev–Trinajstić information content (AvgIpc) is 3.31. The van der Waals surface area contributed by atoms with Crippen LogP contribution in [0.15, 0.2) is 0 Å². The molecule has 5 saturated carbocycles. The molecule has 1 unspecified atom stereocenters. The number of rotatable bonds is 5. The molecule has 0 radical (unpaired) electrons. The monoisotopic (exact) mass is 334 g/mol. The van der Waals surface area contributed by atoms with E-state index in [0.29, 0.717) is 11.8 Å². The lowest BCUT2D eigenvalue weighted by atomic mass is 9.54. The van der Waals surface area contributed by atoms with Gasteiger partial charge in [0.05, 0.1) is 0 Å². The molecular formula is C19H30N2O3. The summed E-state index contributed by atoms with van der Waals surface area (Å²) in [5.74, 6) is 2.04. The number of amides is 2. The third-order valence-electron chi connectivity index (χ3n) is 6.88. The standard InChI is InChI=1S/C19H30N2O3/c1-10(2)17(18(22)23)21(15-3-4-15)19(24)20-16-13-6-11-5-12(8-13)9-14(16)7-11/h10-17H,3-9H2,1-2H3,(H,20,24)(H,22,23). The smallest absolute Gasteiger partial charge is 0.326 e. The normalized spacial score (nSPS) is 38.2. The predicted octanol–water partition coefficient (Wildman–Crippen LogP) is 3.09. The van der Waals surface area contributed by atoms with Crippen molar-refractivity contribution in [3.05, 3.63) is 0 Å². The van der Waals surface area contributed by atoms with E-state index < -0.39 is 12.0 Å². The molecular weight excluding hydrogens is 304 g/mol. The summed E-state index contributed by atoms with van der Waals surface area (Å²) < 4.78 is 0. The highest BCUT2D eigenvalue weighted by Crippen LogP contribution is 2.53. The van der Waals surface area contributed by atoms with Crippen molar-refractivity contribution in [3.63, 3.8) is 0 Å². The van der Waals surface area contributed by atoms with E-state index in [9.17, 15) is 14.7 Å². The van der Waals surface area contributed by atoms with E-state index in [1.54, 1.807) is 4.90 Å². The number of hydrogen-bond donors (Lipinski definition) is 2. The SMILES string of the molecule is CC(C)C(C(=O)O)N(C(=O)NC1C2CC3CC(C2)CC1C3)C1CC1. The Morgan fingerprint density at radius 1 is 1.00 bits per heavy atom. The molecule has 0 aliphatic heterocycles. The molecule has 2 N–H and O–H groups in total. The predicted molar refractivity (Wildman–Crippen MR) is 90.5 cm³/mol. The summed E-state index contributed by atoms with van der Waals surface area (Å²) in [6.07, 6.45) is 8.30. The molecule has 0 aromatic carbocycles. The summed E-state index contributed by atoms with van der Waals surface area (Å²) in [4.78, 5) is 26.4. The quantitative estimate of drug-likeness (QED) is 0.812. The summed E-state index contributed by atoms with van der Waals surface area (Å²) >= 11 is 0. The second kappa shape index (κ2) is 5.92. The topological polar surface area (TPSA) is 69.6 Å². The van der Waals surface area contributed by atoms with Gasteiger partial charge in [0.1, 0.15) is 6.04 Å². The summed E-state index contributed by atoms with van der Waals surface area (Å²) in [5, 5.41) is 12.9. The van der Waals surface area contributed by atoms with Crippen LogP contribution in [-0.4, -0.2) is 40.1 Å². The first kappa shape index (κ1) is 16.2. The van der Waals surface area contributed by atoms with Crippen LogP contribution in [0.2, 0.25) is 0 Å².